The highest BCUT2D eigenvalue weighted by molar-refractivity contribution is 4.64. The van der Waals surface area contributed by atoms with Gasteiger partial charge in [0.25, 0.3) is 0 Å². The number of unbranched alkanes of at least 4 members (excludes halogenated alkanes) is 2. The maximum atomic E-state index is 5.61. The van der Waals surface area contributed by atoms with Gasteiger partial charge in [-0.05, 0) is 12.8 Å². The van der Waals surface area contributed by atoms with E-state index in [1.165, 1.54) is 0 Å². The predicted octanol–water partition coefficient (Wildman–Crippen LogP) is 1.89. The molecule has 1 saturated heterocycles. The van der Waals surface area contributed by atoms with E-state index in [-0.39, 0.29) is 12.5 Å². The second kappa shape index (κ2) is 8.93. The lowest BCUT2D eigenvalue weighted by atomic mass is 10.3. The summed E-state index contributed by atoms with van der Waals surface area (Å²) in [6.45, 7) is 7.21. The summed E-state index contributed by atoms with van der Waals surface area (Å²) in [6.07, 6.45) is 4.46. The van der Waals surface area contributed by atoms with Crippen molar-refractivity contribution in [3.05, 3.63) is 0 Å². The lowest BCUT2D eigenvalue weighted by molar-refractivity contribution is -0.194. The fourth-order valence-corrected chi connectivity index (χ4v) is 1.48. The molecule has 0 radical (unpaired) electrons. The Kier molecular flexibility index (Phi) is 7.76. The van der Waals surface area contributed by atoms with Crippen LogP contribution in [0.4, 0.5) is 0 Å². The Morgan fingerprint density at radius 2 is 1.81 bits per heavy atom. The SMILES string of the molecule is CCCCOC1COC(OCCCC)CN1. The molecule has 0 bridgehead atoms. The van der Waals surface area contributed by atoms with Crippen molar-refractivity contribution in [2.24, 2.45) is 0 Å². The van der Waals surface area contributed by atoms with Gasteiger partial charge < -0.3 is 14.2 Å². The van der Waals surface area contributed by atoms with Gasteiger partial charge >= 0.3 is 0 Å². The molecule has 1 rings (SSSR count). The minimum absolute atomic E-state index is 0.0394. The first kappa shape index (κ1) is 13.9. The summed E-state index contributed by atoms with van der Waals surface area (Å²) in [5.41, 5.74) is 0. The van der Waals surface area contributed by atoms with E-state index in [4.69, 9.17) is 14.2 Å². The van der Waals surface area contributed by atoms with Crippen molar-refractivity contribution in [3.8, 4) is 0 Å². The molecule has 4 nitrogen and oxygen atoms in total. The van der Waals surface area contributed by atoms with Crippen LogP contribution in [0.5, 0.6) is 0 Å². The molecule has 2 unspecified atom stereocenters. The molecule has 96 valence electrons. The number of morpholine rings is 1. The van der Waals surface area contributed by atoms with E-state index in [1.807, 2.05) is 0 Å². The highest BCUT2D eigenvalue weighted by Crippen LogP contribution is 2.05. The van der Waals surface area contributed by atoms with Crippen LogP contribution in [0.2, 0.25) is 0 Å². The maximum Gasteiger partial charge on any atom is 0.170 e. The molecule has 4 heteroatoms. The molecule has 1 aliphatic heterocycles. The first-order chi connectivity index (χ1) is 7.86. The minimum Gasteiger partial charge on any atom is -0.361 e. The van der Waals surface area contributed by atoms with Crippen molar-refractivity contribution in [1.29, 1.82) is 0 Å². The molecule has 1 fully saturated rings. The molecule has 0 aliphatic carbocycles. The number of hydrogen-bond donors (Lipinski definition) is 1. The van der Waals surface area contributed by atoms with Crippen LogP contribution >= 0.6 is 0 Å². The lowest BCUT2D eigenvalue weighted by Crippen LogP contribution is -2.48. The molecule has 2 atom stereocenters. The fraction of sp³-hybridized carbons (Fsp3) is 1.00. The van der Waals surface area contributed by atoms with Crippen LogP contribution in [-0.4, -0.2) is 38.9 Å². The van der Waals surface area contributed by atoms with Gasteiger partial charge in [0, 0.05) is 19.8 Å². The summed E-state index contributed by atoms with van der Waals surface area (Å²) in [4.78, 5) is 0. The summed E-state index contributed by atoms with van der Waals surface area (Å²) in [7, 11) is 0. The standard InChI is InChI=1S/C12H25NO3/c1-3-5-7-14-11-10-16-12(9-13-11)15-8-6-4-2/h11-13H,3-10H2,1-2H3. The Bertz CT molecular complexity index is 140. The van der Waals surface area contributed by atoms with Gasteiger partial charge in [-0.1, -0.05) is 26.7 Å². The smallest absolute Gasteiger partial charge is 0.170 e. The van der Waals surface area contributed by atoms with Crippen molar-refractivity contribution < 1.29 is 14.2 Å². The van der Waals surface area contributed by atoms with Crippen LogP contribution in [0.1, 0.15) is 39.5 Å². The summed E-state index contributed by atoms with van der Waals surface area (Å²) in [5.74, 6) is 0. The highest BCUT2D eigenvalue weighted by Gasteiger charge is 2.21. The molecular weight excluding hydrogens is 206 g/mol. The van der Waals surface area contributed by atoms with Gasteiger partial charge in [-0.3, -0.25) is 5.32 Å². The van der Waals surface area contributed by atoms with E-state index in [0.717, 1.165) is 45.4 Å². The van der Waals surface area contributed by atoms with Gasteiger partial charge in [-0.25, -0.2) is 0 Å². The van der Waals surface area contributed by atoms with E-state index in [2.05, 4.69) is 19.2 Å². The number of ether oxygens (including phenoxy) is 3. The second-order valence-corrected chi connectivity index (χ2v) is 4.11. The van der Waals surface area contributed by atoms with Crippen molar-refractivity contribution in [3.63, 3.8) is 0 Å². The summed E-state index contributed by atoms with van der Waals surface area (Å²) in [6, 6.07) is 0. The van der Waals surface area contributed by atoms with Crippen molar-refractivity contribution in [1.82, 2.24) is 5.32 Å². The van der Waals surface area contributed by atoms with Gasteiger partial charge in [0.05, 0.1) is 6.61 Å². The summed E-state index contributed by atoms with van der Waals surface area (Å²) >= 11 is 0. The molecule has 0 aromatic heterocycles. The predicted molar refractivity (Wildman–Crippen MR) is 63.3 cm³/mol. The van der Waals surface area contributed by atoms with Crippen molar-refractivity contribution in [2.45, 2.75) is 52.0 Å². The van der Waals surface area contributed by atoms with Crippen LogP contribution in [0.3, 0.4) is 0 Å². The zero-order valence-electron chi connectivity index (χ0n) is 10.5. The summed E-state index contributed by atoms with van der Waals surface area (Å²) < 4.78 is 16.7. The molecule has 0 amide bonds. The van der Waals surface area contributed by atoms with Gasteiger partial charge in [-0.15, -0.1) is 0 Å². The number of hydrogen-bond acceptors (Lipinski definition) is 4. The molecule has 0 aromatic carbocycles. The Morgan fingerprint density at radius 3 is 2.38 bits per heavy atom. The average molecular weight is 231 g/mol. The van der Waals surface area contributed by atoms with Crippen LogP contribution in [0.15, 0.2) is 0 Å². The number of rotatable bonds is 8. The maximum absolute atomic E-state index is 5.61. The fourth-order valence-electron chi connectivity index (χ4n) is 1.48. The second-order valence-electron chi connectivity index (χ2n) is 4.11. The van der Waals surface area contributed by atoms with Crippen molar-refractivity contribution >= 4 is 0 Å². The topological polar surface area (TPSA) is 39.7 Å². The Hall–Kier alpha value is -0.160. The molecule has 0 saturated carbocycles. The minimum atomic E-state index is -0.0995. The average Bonchev–Trinajstić information content (AvgIpc) is 2.32. The highest BCUT2D eigenvalue weighted by atomic mass is 16.7. The summed E-state index contributed by atoms with van der Waals surface area (Å²) in [5, 5.41) is 3.28. The first-order valence-corrected chi connectivity index (χ1v) is 6.45. The van der Waals surface area contributed by atoms with E-state index in [0.29, 0.717) is 6.61 Å². The Balaban J connectivity index is 2.00. The molecule has 1 aliphatic rings. The lowest BCUT2D eigenvalue weighted by Gasteiger charge is -2.30. The molecule has 1 heterocycles. The van der Waals surface area contributed by atoms with Crippen molar-refractivity contribution in [2.75, 3.05) is 26.4 Å². The third kappa shape index (κ3) is 5.80. The third-order valence-electron chi connectivity index (χ3n) is 2.56. The van der Waals surface area contributed by atoms with E-state index in [9.17, 15) is 0 Å². The third-order valence-corrected chi connectivity index (χ3v) is 2.56. The molecule has 0 aromatic rings. The molecule has 16 heavy (non-hydrogen) atoms. The molecular formula is C12H25NO3. The monoisotopic (exact) mass is 231 g/mol. The van der Waals surface area contributed by atoms with Crippen LogP contribution in [-0.2, 0) is 14.2 Å². The Labute approximate surface area is 98.6 Å². The van der Waals surface area contributed by atoms with Gasteiger partial charge in [0.2, 0.25) is 0 Å². The molecule has 1 N–H and O–H groups in total. The largest absolute Gasteiger partial charge is 0.361 e. The molecule has 0 spiro atoms. The number of nitrogens with one attached hydrogen (secondary N) is 1. The quantitative estimate of drug-likeness (QED) is 0.648. The van der Waals surface area contributed by atoms with Gasteiger partial charge in [-0.2, -0.15) is 0 Å². The van der Waals surface area contributed by atoms with Gasteiger partial charge in [0.1, 0.15) is 6.23 Å². The van der Waals surface area contributed by atoms with E-state index in [1.54, 1.807) is 0 Å². The normalized spacial score (nSPS) is 25.9. The van der Waals surface area contributed by atoms with E-state index < -0.39 is 0 Å². The van der Waals surface area contributed by atoms with Gasteiger partial charge in [0.15, 0.2) is 6.29 Å². The van der Waals surface area contributed by atoms with E-state index >= 15 is 0 Å². The zero-order chi connectivity index (χ0) is 11.6. The first-order valence-electron chi connectivity index (χ1n) is 6.45. The van der Waals surface area contributed by atoms with Crippen LogP contribution in [0.25, 0.3) is 0 Å². The van der Waals surface area contributed by atoms with Crippen LogP contribution < -0.4 is 5.32 Å². The zero-order valence-corrected chi connectivity index (χ0v) is 10.5. The van der Waals surface area contributed by atoms with Crippen LogP contribution in [0, 0.1) is 0 Å². The Morgan fingerprint density at radius 1 is 1.12 bits per heavy atom.